The fourth-order valence-electron chi connectivity index (χ4n) is 9.32. The van der Waals surface area contributed by atoms with Gasteiger partial charge in [-0.1, -0.05) is 56.6 Å². The number of aromatic nitrogens is 3. The minimum Gasteiger partial charge on any atom is -0.493 e. The number of nitrogens with one attached hydrogen (secondary N) is 3. The summed E-state index contributed by atoms with van der Waals surface area (Å²) in [4.78, 5) is 73.0. The summed E-state index contributed by atoms with van der Waals surface area (Å²) in [7, 11) is 1.57. The second-order valence-corrected chi connectivity index (χ2v) is 22.2. The van der Waals surface area contributed by atoms with Crippen LogP contribution in [0.25, 0.3) is 21.3 Å². The summed E-state index contributed by atoms with van der Waals surface area (Å²) in [6.45, 7) is 15.0. The van der Waals surface area contributed by atoms with Crippen LogP contribution in [0.1, 0.15) is 57.7 Å². The SMILES string of the molecule is COc1cc2ncnc(Nc3ccc(F)c(Cl)c3)c2cc1OCCCN1CCN(C(=O)CCOCCOCCOCCOCCOCCC(=O)N[C@H](C(=O)N2C[C@H](O)C[C@H]2C(=O)NCc2ccc(-c3scnc3C)cc2)C(C)(C)C)CC1. The van der Waals surface area contributed by atoms with Crippen molar-refractivity contribution in [1.82, 2.24) is 40.3 Å². The number of halogens is 2. The van der Waals surface area contributed by atoms with Crippen molar-refractivity contribution in [2.75, 3.05) is 124 Å². The molecule has 0 unspecified atom stereocenters. The van der Waals surface area contributed by atoms with Crippen molar-refractivity contribution in [3.8, 4) is 21.9 Å². The molecule has 2 aliphatic rings. The van der Waals surface area contributed by atoms with Crippen LogP contribution in [0.15, 0.2) is 66.4 Å². The van der Waals surface area contributed by atoms with E-state index in [4.69, 9.17) is 44.8 Å². The quantitative estimate of drug-likeness (QED) is 0.0351. The van der Waals surface area contributed by atoms with Crippen LogP contribution in [0.3, 0.4) is 0 Å². The number of anilines is 2. The summed E-state index contributed by atoms with van der Waals surface area (Å²) in [5, 5.41) is 20.2. The number of piperazine rings is 1. The second kappa shape index (κ2) is 32.1. The molecule has 446 valence electrons. The van der Waals surface area contributed by atoms with Crippen molar-refractivity contribution in [2.45, 2.75) is 78.1 Å². The Hall–Kier alpha value is -6.15. The minimum absolute atomic E-state index is 0.000948. The third-order valence-electron chi connectivity index (χ3n) is 13.8. The highest BCUT2D eigenvalue weighted by Crippen LogP contribution is 2.36. The topological polar surface area (TPSA) is 238 Å². The second-order valence-electron chi connectivity index (χ2n) is 20.9. The van der Waals surface area contributed by atoms with Crippen LogP contribution in [0.5, 0.6) is 11.5 Å². The molecule has 4 amide bonds. The summed E-state index contributed by atoms with van der Waals surface area (Å²) in [6, 6.07) is 14.0. The molecule has 24 heteroatoms. The maximum absolute atomic E-state index is 14.0. The van der Waals surface area contributed by atoms with Crippen LogP contribution in [0.4, 0.5) is 15.9 Å². The highest BCUT2D eigenvalue weighted by Gasteiger charge is 2.44. The van der Waals surface area contributed by atoms with Crippen LogP contribution in [0.2, 0.25) is 5.02 Å². The zero-order valence-corrected chi connectivity index (χ0v) is 49.0. The van der Waals surface area contributed by atoms with E-state index in [1.54, 1.807) is 30.6 Å². The van der Waals surface area contributed by atoms with Gasteiger partial charge >= 0.3 is 0 Å². The molecule has 4 heterocycles. The van der Waals surface area contributed by atoms with Crippen molar-refractivity contribution in [3.63, 3.8) is 0 Å². The Balaban J connectivity index is 0.660. The number of aliphatic hydroxyl groups excluding tert-OH is 1. The van der Waals surface area contributed by atoms with Crippen LogP contribution < -0.4 is 25.4 Å². The van der Waals surface area contributed by atoms with Crippen LogP contribution in [-0.2, 0) is 49.4 Å². The average Bonchev–Trinajstić information content (AvgIpc) is 4.12. The van der Waals surface area contributed by atoms with E-state index >= 15 is 0 Å². The zero-order chi connectivity index (χ0) is 58.4. The molecule has 0 saturated carbocycles. The van der Waals surface area contributed by atoms with E-state index in [1.165, 1.54) is 23.4 Å². The standard InChI is InChI=1S/C58H77ClFN9O12S/c1-39-53(82-38-64-39)41-9-7-40(8-10-41)35-61-56(73)48-32-43(70)36-69(48)57(74)54(58(2,3)4)66-51(71)13-21-76-23-25-78-27-29-80-30-28-79-26-24-77-22-14-52(72)68-18-16-67(17-19-68)15-6-20-81-50-33-44-47(34-49(50)75-5)62-37-63-55(44)65-42-11-12-46(60)45(59)31-42/h7-12,31,33-34,37-38,43,48,54,70H,6,13-30,32,35-36H2,1-5H3,(H,61,73)(H,66,71)(H,62,63,65)/t43-,48+,54-/m1/s1. The van der Waals surface area contributed by atoms with E-state index in [1.807, 2.05) is 68.4 Å². The van der Waals surface area contributed by atoms with Crippen molar-refractivity contribution in [3.05, 3.63) is 88.5 Å². The number of benzene rings is 3. The van der Waals surface area contributed by atoms with Gasteiger partial charge in [0.1, 0.15) is 30.0 Å². The van der Waals surface area contributed by atoms with E-state index in [-0.39, 0.29) is 61.9 Å². The highest BCUT2D eigenvalue weighted by atomic mass is 35.5. The van der Waals surface area contributed by atoms with E-state index < -0.39 is 35.3 Å². The van der Waals surface area contributed by atoms with Gasteiger partial charge in [0, 0.05) is 75.8 Å². The maximum Gasteiger partial charge on any atom is 0.246 e. The number of amides is 4. The van der Waals surface area contributed by atoms with Gasteiger partial charge in [0.2, 0.25) is 23.6 Å². The van der Waals surface area contributed by atoms with E-state index in [9.17, 15) is 28.7 Å². The van der Waals surface area contributed by atoms with E-state index in [0.29, 0.717) is 113 Å². The lowest BCUT2D eigenvalue weighted by atomic mass is 9.85. The molecule has 2 aliphatic heterocycles. The molecule has 0 aliphatic carbocycles. The van der Waals surface area contributed by atoms with Crippen molar-refractivity contribution >= 4 is 69.0 Å². The fourth-order valence-corrected chi connectivity index (χ4v) is 10.3. The number of fused-ring (bicyclic) bond motifs is 1. The molecule has 0 radical (unpaired) electrons. The monoisotopic (exact) mass is 1180 g/mol. The number of hydrogen-bond donors (Lipinski definition) is 4. The molecule has 0 spiro atoms. The minimum atomic E-state index is -0.938. The molecule has 0 bridgehead atoms. The summed E-state index contributed by atoms with van der Waals surface area (Å²) in [5.41, 5.74) is 5.25. The predicted molar refractivity (Wildman–Crippen MR) is 309 cm³/mol. The van der Waals surface area contributed by atoms with E-state index in [2.05, 4.69) is 35.8 Å². The average molecular weight is 1180 g/mol. The van der Waals surface area contributed by atoms with Gasteiger partial charge in [-0.2, -0.15) is 0 Å². The Morgan fingerprint density at radius 1 is 0.817 bits per heavy atom. The third kappa shape index (κ3) is 19.2. The number of aryl methyl sites for hydroxylation is 1. The van der Waals surface area contributed by atoms with Gasteiger partial charge in [-0.25, -0.2) is 19.3 Å². The van der Waals surface area contributed by atoms with Gasteiger partial charge in [0.25, 0.3) is 0 Å². The lowest BCUT2D eigenvalue weighted by Gasteiger charge is -2.35. The third-order valence-corrected chi connectivity index (χ3v) is 15.1. The van der Waals surface area contributed by atoms with Gasteiger partial charge in [-0.3, -0.25) is 24.1 Å². The Labute approximate surface area is 487 Å². The molecule has 7 rings (SSSR count). The highest BCUT2D eigenvalue weighted by molar-refractivity contribution is 7.13. The first-order valence-corrected chi connectivity index (χ1v) is 28.9. The first-order valence-electron chi connectivity index (χ1n) is 27.7. The molecule has 82 heavy (non-hydrogen) atoms. The molecule has 2 fully saturated rings. The molecular formula is C58H77ClFN9O12S. The molecular weight excluding hydrogens is 1100 g/mol. The summed E-state index contributed by atoms with van der Waals surface area (Å²) in [6.07, 6.45) is 1.74. The number of hydrogen-bond acceptors (Lipinski definition) is 18. The number of carbonyl (C=O) groups excluding carboxylic acids is 4. The number of aliphatic hydroxyl groups is 1. The Kier molecular flexibility index (Phi) is 24.8. The number of thiazole rings is 1. The molecule has 3 aromatic carbocycles. The number of nitrogens with zero attached hydrogens (tertiary/aromatic N) is 6. The number of carbonyl (C=O) groups is 4. The van der Waals surface area contributed by atoms with Crippen molar-refractivity contribution in [2.24, 2.45) is 5.41 Å². The first-order chi connectivity index (χ1) is 39.6. The fraction of sp³-hybridized carbons (Fsp3) is 0.534. The normalized spacial score (nSPS) is 16.1. The Bertz CT molecular complexity index is 2860. The Morgan fingerprint density at radius 3 is 2.10 bits per heavy atom. The van der Waals surface area contributed by atoms with Gasteiger partial charge in [0.05, 0.1) is 119 Å². The molecule has 2 saturated heterocycles. The van der Waals surface area contributed by atoms with Gasteiger partial charge in [-0.05, 0) is 54.2 Å². The van der Waals surface area contributed by atoms with Crippen molar-refractivity contribution in [1.29, 1.82) is 0 Å². The lowest BCUT2D eigenvalue weighted by Crippen LogP contribution is -2.57. The maximum atomic E-state index is 14.0. The molecule has 3 atom stereocenters. The van der Waals surface area contributed by atoms with Gasteiger partial charge < -0.3 is 64.0 Å². The molecule has 2 aromatic heterocycles. The molecule has 5 aromatic rings. The summed E-state index contributed by atoms with van der Waals surface area (Å²) < 4.78 is 53.5. The van der Waals surface area contributed by atoms with Crippen LogP contribution >= 0.6 is 22.9 Å². The summed E-state index contributed by atoms with van der Waals surface area (Å²) in [5.74, 6) is -0.0165. The number of rotatable bonds is 32. The molecule has 21 nitrogen and oxygen atoms in total. The smallest absolute Gasteiger partial charge is 0.246 e. The lowest BCUT2D eigenvalue weighted by molar-refractivity contribution is -0.144. The zero-order valence-electron chi connectivity index (χ0n) is 47.4. The number of likely N-dealkylation sites (tertiary alicyclic amines) is 1. The number of methoxy groups -OCH3 is 1. The summed E-state index contributed by atoms with van der Waals surface area (Å²) >= 11 is 7.55. The Morgan fingerprint density at radius 2 is 1.48 bits per heavy atom. The number of β-amino-alcohol motifs (C(OH)–C–C–N with tert-alkyl or cyclic N) is 1. The van der Waals surface area contributed by atoms with Crippen LogP contribution in [0, 0.1) is 18.2 Å². The van der Waals surface area contributed by atoms with Gasteiger partial charge in [-0.15, -0.1) is 11.3 Å². The number of ether oxygens (including phenoxy) is 7. The van der Waals surface area contributed by atoms with Crippen LogP contribution in [-0.4, -0.2) is 196 Å². The predicted octanol–water partition coefficient (Wildman–Crippen LogP) is 6.19. The molecule has 4 N–H and O–H groups in total. The largest absolute Gasteiger partial charge is 0.493 e. The van der Waals surface area contributed by atoms with Gasteiger partial charge in [0.15, 0.2) is 11.5 Å². The first kappa shape index (κ1) is 63.4. The van der Waals surface area contributed by atoms with E-state index in [0.717, 1.165) is 47.8 Å². The van der Waals surface area contributed by atoms with Crippen molar-refractivity contribution < 1.29 is 61.8 Å².